The van der Waals surface area contributed by atoms with E-state index in [-0.39, 0.29) is 29.6 Å². The van der Waals surface area contributed by atoms with Gasteiger partial charge in [-0.3, -0.25) is 0 Å². The van der Waals surface area contributed by atoms with Crippen LogP contribution in [0.5, 0.6) is 28.7 Å². The maximum atomic E-state index is 11.8. The van der Waals surface area contributed by atoms with E-state index in [0.717, 1.165) is 5.56 Å². The molecule has 0 fully saturated rings. The minimum atomic E-state index is -0.529. The Kier molecular flexibility index (Phi) is 7.33. The van der Waals surface area contributed by atoms with Crippen molar-refractivity contribution in [1.82, 2.24) is 0 Å². The molecule has 0 bridgehead atoms. The molecule has 148 valence electrons. The fourth-order valence-corrected chi connectivity index (χ4v) is 2.33. The maximum Gasteiger partial charge on any atom is 0.331 e. The molecule has 0 heterocycles. The average molecular weight is 386 g/mol. The molecule has 0 aliphatic carbocycles. The van der Waals surface area contributed by atoms with Gasteiger partial charge in [0.1, 0.15) is 6.61 Å². The molecular weight excluding hydrogens is 364 g/mol. The first-order chi connectivity index (χ1) is 13.5. The van der Waals surface area contributed by atoms with Crippen molar-refractivity contribution in [1.29, 1.82) is 0 Å². The third-order valence-electron chi connectivity index (χ3n) is 3.75. The summed E-state index contributed by atoms with van der Waals surface area (Å²) < 4.78 is 20.3. The molecule has 0 atom stereocenters. The zero-order chi connectivity index (χ0) is 20.5. The average Bonchev–Trinajstić information content (AvgIpc) is 2.71. The molecule has 0 radical (unpaired) electrons. The number of benzene rings is 2. The molecule has 0 aliphatic rings. The number of methoxy groups -OCH3 is 3. The highest BCUT2D eigenvalue weighted by atomic mass is 16.5. The lowest BCUT2D eigenvalue weighted by atomic mass is 10.1. The van der Waals surface area contributed by atoms with E-state index in [9.17, 15) is 15.0 Å². The van der Waals surface area contributed by atoms with Crippen LogP contribution in [0, 0.1) is 0 Å². The van der Waals surface area contributed by atoms with Gasteiger partial charge in [0.15, 0.2) is 23.0 Å². The van der Waals surface area contributed by atoms with Gasteiger partial charge in [0.25, 0.3) is 0 Å². The minimum absolute atomic E-state index is 0.0544. The first kappa shape index (κ1) is 20.7. The molecule has 2 rings (SSSR count). The Morgan fingerprint density at radius 1 is 0.893 bits per heavy atom. The Labute approximate surface area is 163 Å². The zero-order valence-corrected chi connectivity index (χ0v) is 15.8. The van der Waals surface area contributed by atoms with Crippen molar-refractivity contribution >= 4 is 18.1 Å². The van der Waals surface area contributed by atoms with Crippen molar-refractivity contribution in [3.05, 3.63) is 53.6 Å². The first-order valence-electron chi connectivity index (χ1n) is 8.31. The summed E-state index contributed by atoms with van der Waals surface area (Å²) in [4.78, 5) is 11.8. The first-order valence-corrected chi connectivity index (χ1v) is 8.31. The van der Waals surface area contributed by atoms with Crippen LogP contribution in [-0.2, 0) is 9.53 Å². The van der Waals surface area contributed by atoms with Gasteiger partial charge in [-0.25, -0.2) is 4.79 Å². The van der Waals surface area contributed by atoms with Crippen LogP contribution in [0.4, 0.5) is 0 Å². The number of aromatic hydroxyl groups is 2. The van der Waals surface area contributed by atoms with Gasteiger partial charge in [-0.15, -0.1) is 0 Å². The summed E-state index contributed by atoms with van der Waals surface area (Å²) in [5, 5.41) is 19.4. The Hall–Kier alpha value is -3.61. The van der Waals surface area contributed by atoms with Crippen molar-refractivity contribution in [3.63, 3.8) is 0 Å². The summed E-state index contributed by atoms with van der Waals surface area (Å²) >= 11 is 0. The van der Waals surface area contributed by atoms with Crippen LogP contribution < -0.4 is 14.2 Å². The molecule has 0 spiro atoms. The van der Waals surface area contributed by atoms with Crippen molar-refractivity contribution in [3.8, 4) is 28.7 Å². The molecule has 7 heteroatoms. The third-order valence-corrected chi connectivity index (χ3v) is 3.75. The second-order valence-corrected chi connectivity index (χ2v) is 5.57. The van der Waals surface area contributed by atoms with Crippen molar-refractivity contribution in [2.45, 2.75) is 0 Å². The Bertz CT molecular complexity index is 859. The van der Waals surface area contributed by atoms with E-state index in [2.05, 4.69) is 0 Å². The lowest BCUT2D eigenvalue weighted by Crippen LogP contribution is -2.00. The van der Waals surface area contributed by atoms with E-state index in [1.807, 2.05) is 0 Å². The van der Waals surface area contributed by atoms with Gasteiger partial charge >= 0.3 is 5.97 Å². The molecule has 28 heavy (non-hydrogen) atoms. The van der Waals surface area contributed by atoms with Crippen LogP contribution in [0.15, 0.2) is 42.5 Å². The van der Waals surface area contributed by atoms with Gasteiger partial charge in [-0.2, -0.15) is 0 Å². The molecule has 0 aromatic heterocycles. The summed E-state index contributed by atoms with van der Waals surface area (Å²) in [5.41, 5.74) is 1.40. The Morgan fingerprint density at radius 2 is 1.50 bits per heavy atom. The van der Waals surface area contributed by atoms with Crippen molar-refractivity contribution in [2.75, 3.05) is 27.9 Å². The van der Waals surface area contributed by atoms with E-state index >= 15 is 0 Å². The van der Waals surface area contributed by atoms with Crippen LogP contribution in [-0.4, -0.2) is 44.1 Å². The largest absolute Gasteiger partial charge is 0.504 e. The number of hydrogen-bond donors (Lipinski definition) is 2. The quantitative estimate of drug-likeness (QED) is 0.530. The number of rotatable bonds is 8. The smallest absolute Gasteiger partial charge is 0.331 e. The van der Waals surface area contributed by atoms with Crippen LogP contribution >= 0.6 is 0 Å². The molecule has 7 nitrogen and oxygen atoms in total. The van der Waals surface area contributed by atoms with Gasteiger partial charge in [0.05, 0.1) is 21.3 Å². The van der Waals surface area contributed by atoms with E-state index < -0.39 is 5.97 Å². The van der Waals surface area contributed by atoms with Crippen LogP contribution in [0.25, 0.3) is 12.2 Å². The lowest BCUT2D eigenvalue weighted by Gasteiger charge is -2.09. The van der Waals surface area contributed by atoms with Gasteiger partial charge in [-0.1, -0.05) is 12.1 Å². The number of phenolic OH excluding ortho intramolecular Hbond substituents is 2. The second kappa shape index (κ2) is 9.91. The predicted molar refractivity (Wildman–Crippen MR) is 105 cm³/mol. The molecule has 2 aromatic carbocycles. The molecular formula is C21H22O7. The highest BCUT2D eigenvalue weighted by Crippen LogP contribution is 2.37. The number of hydrogen-bond acceptors (Lipinski definition) is 7. The molecule has 0 saturated heterocycles. The number of carbonyl (C=O) groups is 1. The molecule has 0 amide bonds. The summed E-state index contributed by atoms with van der Waals surface area (Å²) in [5.74, 6) is 0.250. The molecule has 2 aromatic rings. The van der Waals surface area contributed by atoms with Crippen LogP contribution in [0.1, 0.15) is 11.1 Å². The monoisotopic (exact) mass is 386 g/mol. The Balaban J connectivity index is 1.94. The number of phenols is 2. The second-order valence-electron chi connectivity index (χ2n) is 5.57. The lowest BCUT2D eigenvalue weighted by molar-refractivity contribution is -0.136. The van der Waals surface area contributed by atoms with Gasteiger partial charge in [-0.05, 0) is 47.5 Å². The van der Waals surface area contributed by atoms with Gasteiger partial charge in [0.2, 0.25) is 5.75 Å². The van der Waals surface area contributed by atoms with E-state index in [0.29, 0.717) is 11.3 Å². The van der Waals surface area contributed by atoms with Crippen LogP contribution in [0.3, 0.4) is 0 Å². The van der Waals surface area contributed by atoms with E-state index in [1.54, 1.807) is 36.4 Å². The highest BCUT2D eigenvalue weighted by Gasteiger charge is 2.10. The van der Waals surface area contributed by atoms with E-state index in [4.69, 9.17) is 18.9 Å². The van der Waals surface area contributed by atoms with E-state index in [1.165, 1.54) is 39.5 Å². The number of carbonyl (C=O) groups excluding carboxylic acids is 1. The summed E-state index contributed by atoms with van der Waals surface area (Å²) in [6.45, 7) is 0.0780. The predicted octanol–water partition coefficient (Wildman–Crippen LogP) is 3.39. The zero-order valence-electron chi connectivity index (χ0n) is 15.8. The van der Waals surface area contributed by atoms with Gasteiger partial charge < -0.3 is 29.2 Å². The minimum Gasteiger partial charge on any atom is -0.504 e. The van der Waals surface area contributed by atoms with Crippen molar-refractivity contribution in [2.24, 2.45) is 0 Å². The summed E-state index contributed by atoms with van der Waals surface area (Å²) in [6, 6.07) is 8.04. The normalized spacial score (nSPS) is 11.0. The summed E-state index contributed by atoms with van der Waals surface area (Å²) in [6.07, 6.45) is 6.21. The number of esters is 1. The maximum absolute atomic E-state index is 11.8. The fourth-order valence-electron chi connectivity index (χ4n) is 2.33. The van der Waals surface area contributed by atoms with Crippen molar-refractivity contribution < 1.29 is 34.0 Å². The third kappa shape index (κ3) is 5.44. The fraction of sp³-hybridized carbons (Fsp3) is 0.190. The Morgan fingerprint density at radius 3 is 2.11 bits per heavy atom. The van der Waals surface area contributed by atoms with Crippen LogP contribution in [0.2, 0.25) is 0 Å². The standard InChI is InChI=1S/C21H22O7/c1-25-17-11-14(6-8-16(17)22)5-4-10-28-20(23)9-7-15-12-18(26-2)21(24)19(13-15)27-3/h4-9,11-13,22,24H,10H2,1-3H3. The molecule has 0 unspecified atom stereocenters. The highest BCUT2D eigenvalue weighted by molar-refractivity contribution is 5.87. The number of ether oxygens (including phenoxy) is 4. The SMILES string of the molecule is COc1cc(C=CCOC(=O)C=Cc2cc(OC)c(O)c(OC)c2)ccc1O. The van der Waals surface area contributed by atoms with Gasteiger partial charge in [0, 0.05) is 6.08 Å². The summed E-state index contributed by atoms with van der Waals surface area (Å²) in [7, 11) is 4.31. The molecule has 0 aliphatic heterocycles. The molecule has 2 N–H and O–H groups in total. The molecule has 0 saturated carbocycles. The topological polar surface area (TPSA) is 94.5 Å².